The molecule has 1 heterocycles. The van der Waals surface area contributed by atoms with E-state index in [2.05, 4.69) is 10.6 Å². The number of amides is 1. The lowest BCUT2D eigenvalue weighted by molar-refractivity contribution is -0.0462. The smallest absolute Gasteiger partial charge is 0.407 e. The van der Waals surface area contributed by atoms with Gasteiger partial charge >= 0.3 is 6.09 Å². The van der Waals surface area contributed by atoms with Gasteiger partial charge in [0.15, 0.2) is 0 Å². The molecule has 1 amide bonds. The Bertz CT molecular complexity index is 367. The summed E-state index contributed by atoms with van der Waals surface area (Å²) in [6.45, 7) is 8.37. The van der Waals surface area contributed by atoms with Crippen molar-refractivity contribution >= 4 is 17.9 Å². The molecule has 2 fully saturated rings. The largest absolute Gasteiger partial charge is 0.444 e. The zero-order valence-electron chi connectivity index (χ0n) is 14.2. The van der Waals surface area contributed by atoms with Crippen LogP contribution in [0.25, 0.3) is 0 Å². The summed E-state index contributed by atoms with van der Waals surface area (Å²) >= 11 is 2.00. The molecule has 0 bridgehead atoms. The Hall–Kier alpha value is -0.460. The predicted molar refractivity (Wildman–Crippen MR) is 90.5 cm³/mol. The molecule has 2 N–H and O–H groups in total. The monoisotopic (exact) mass is 330 g/mol. The van der Waals surface area contributed by atoms with Crippen molar-refractivity contribution in [2.75, 3.05) is 18.1 Å². The third kappa shape index (κ3) is 5.32. The molecular formula is C16H30N2O3S. The molecular weight excluding hydrogens is 300 g/mol. The van der Waals surface area contributed by atoms with Crippen LogP contribution in [0.4, 0.5) is 4.79 Å². The highest BCUT2D eigenvalue weighted by Crippen LogP contribution is 2.27. The lowest BCUT2D eigenvalue weighted by Gasteiger charge is -2.46. The molecule has 0 aromatic heterocycles. The first-order valence-corrected chi connectivity index (χ1v) is 9.49. The summed E-state index contributed by atoms with van der Waals surface area (Å²) in [6.07, 6.45) is 3.18. The molecule has 6 heteroatoms. The van der Waals surface area contributed by atoms with Crippen molar-refractivity contribution in [2.45, 2.75) is 76.8 Å². The standard InChI is InChI=1S/C16H30N2O3S/c1-5-20-13-9-12(18-15(19)21-16(2,3)4)14(13)17-11-7-6-8-22-10-11/h11-14,17H,5-10H2,1-4H3,(H,18,19). The van der Waals surface area contributed by atoms with Crippen molar-refractivity contribution in [3.8, 4) is 0 Å². The fourth-order valence-electron chi connectivity index (χ4n) is 2.97. The van der Waals surface area contributed by atoms with Gasteiger partial charge < -0.3 is 20.1 Å². The van der Waals surface area contributed by atoms with E-state index in [1.54, 1.807) is 0 Å². The minimum Gasteiger partial charge on any atom is -0.444 e. The number of thioether (sulfide) groups is 1. The SMILES string of the molecule is CCOC1CC(NC(=O)OC(C)(C)C)C1NC1CCCSC1. The number of alkyl carbamates (subject to hydrolysis) is 1. The zero-order valence-corrected chi connectivity index (χ0v) is 15.0. The molecule has 2 rings (SSSR count). The van der Waals surface area contributed by atoms with E-state index < -0.39 is 5.60 Å². The van der Waals surface area contributed by atoms with Crippen LogP contribution in [0.5, 0.6) is 0 Å². The van der Waals surface area contributed by atoms with Crippen LogP contribution in [-0.2, 0) is 9.47 Å². The van der Waals surface area contributed by atoms with E-state index >= 15 is 0 Å². The summed E-state index contributed by atoms with van der Waals surface area (Å²) in [5.74, 6) is 2.41. The van der Waals surface area contributed by atoms with Crippen LogP contribution in [0.3, 0.4) is 0 Å². The van der Waals surface area contributed by atoms with E-state index in [0.29, 0.717) is 12.6 Å². The van der Waals surface area contributed by atoms with Gasteiger partial charge in [0.05, 0.1) is 18.2 Å². The fourth-order valence-corrected chi connectivity index (χ4v) is 4.05. The molecule has 1 saturated carbocycles. The maximum atomic E-state index is 12.0. The number of carbonyl (C=O) groups excluding carboxylic acids is 1. The molecule has 5 nitrogen and oxygen atoms in total. The topological polar surface area (TPSA) is 59.6 Å². The summed E-state index contributed by atoms with van der Waals surface area (Å²) in [5, 5.41) is 6.68. The van der Waals surface area contributed by atoms with Crippen LogP contribution in [0.2, 0.25) is 0 Å². The number of hydrogen-bond donors (Lipinski definition) is 2. The van der Waals surface area contributed by atoms with E-state index in [1.165, 1.54) is 18.6 Å². The number of carbonyl (C=O) groups is 1. The summed E-state index contributed by atoms with van der Waals surface area (Å²) in [7, 11) is 0. The van der Waals surface area contributed by atoms with Crippen molar-refractivity contribution < 1.29 is 14.3 Å². The van der Waals surface area contributed by atoms with Gasteiger partial charge in [0.2, 0.25) is 0 Å². The maximum absolute atomic E-state index is 12.0. The third-order valence-corrected chi connectivity index (χ3v) is 5.21. The van der Waals surface area contributed by atoms with E-state index in [4.69, 9.17) is 9.47 Å². The molecule has 0 aromatic carbocycles. The number of hydrogen-bond acceptors (Lipinski definition) is 5. The second-order valence-corrected chi connectivity index (χ2v) is 8.24. The van der Waals surface area contributed by atoms with Gasteiger partial charge in [-0.2, -0.15) is 11.8 Å². The molecule has 1 saturated heterocycles. The van der Waals surface area contributed by atoms with Gasteiger partial charge in [-0.3, -0.25) is 0 Å². The first-order valence-electron chi connectivity index (χ1n) is 8.34. The summed E-state index contributed by atoms with van der Waals surface area (Å²) in [6, 6.07) is 0.810. The number of ether oxygens (including phenoxy) is 2. The van der Waals surface area contributed by atoms with Gasteiger partial charge in [0.25, 0.3) is 0 Å². The van der Waals surface area contributed by atoms with Crippen LogP contribution >= 0.6 is 11.8 Å². The Balaban J connectivity index is 1.85. The average molecular weight is 330 g/mol. The van der Waals surface area contributed by atoms with E-state index in [-0.39, 0.29) is 24.3 Å². The third-order valence-electron chi connectivity index (χ3n) is 3.99. The van der Waals surface area contributed by atoms with Gasteiger partial charge in [-0.25, -0.2) is 4.79 Å². The molecule has 128 valence electrons. The summed E-state index contributed by atoms with van der Waals surface area (Å²) < 4.78 is 11.1. The second-order valence-electron chi connectivity index (χ2n) is 7.09. The highest BCUT2D eigenvalue weighted by molar-refractivity contribution is 7.99. The molecule has 4 unspecified atom stereocenters. The predicted octanol–water partition coefficient (Wildman–Crippen LogP) is 2.54. The van der Waals surface area contributed by atoms with Gasteiger partial charge in [-0.05, 0) is 52.7 Å². The molecule has 0 radical (unpaired) electrons. The number of rotatable bonds is 5. The second kappa shape index (κ2) is 7.88. The molecule has 0 aromatic rings. The fraction of sp³-hybridized carbons (Fsp3) is 0.938. The van der Waals surface area contributed by atoms with Gasteiger partial charge in [-0.1, -0.05) is 0 Å². The van der Waals surface area contributed by atoms with Gasteiger partial charge in [0.1, 0.15) is 5.60 Å². The Morgan fingerprint density at radius 2 is 2.14 bits per heavy atom. The number of nitrogens with one attached hydrogen (secondary N) is 2. The first kappa shape index (κ1) is 17.9. The van der Waals surface area contributed by atoms with Crippen molar-refractivity contribution in [3.63, 3.8) is 0 Å². The molecule has 0 spiro atoms. The highest BCUT2D eigenvalue weighted by Gasteiger charge is 2.44. The quantitative estimate of drug-likeness (QED) is 0.811. The van der Waals surface area contributed by atoms with Crippen molar-refractivity contribution in [1.29, 1.82) is 0 Å². The van der Waals surface area contributed by atoms with Gasteiger partial charge in [-0.15, -0.1) is 0 Å². The van der Waals surface area contributed by atoms with Crippen LogP contribution < -0.4 is 10.6 Å². The van der Waals surface area contributed by atoms with Crippen molar-refractivity contribution in [3.05, 3.63) is 0 Å². The average Bonchev–Trinajstić information content (AvgIpc) is 2.43. The summed E-state index contributed by atoms with van der Waals surface area (Å²) in [4.78, 5) is 12.0. The molecule has 1 aliphatic carbocycles. The molecule has 1 aliphatic heterocycles. The van der Waals surface area contributed by atoms with Crippen LogP contribution in [0.15, 0.2) is 0 Å². The van der Waals surface area contributed by atoms with E-state index in [1.807, 2.05) is 39.5 Å². The minimum absolute atomic E-state index is 0.0957. The van der Waals surface area contributed by atoms with Crippen LogP contribution in [0, 0.1) is 0 Å². The molecule has 4 atom stereocenters. The lowest BCUT2D eigenvalue weighted by Crippen LogP contribution is -2.68. The minimum atomic E-state index is -0.462. The Morgan fingerprint density at radius 1 is 1.36 bits per heavy atom. The normalized spacial score (nSPS) is 32.2. The molecule has 2 aliphatic rings. The van der Waals surface area contributed by atoms with E-state index in [0.717, 1.165) is 12.2 Å². The van der Waals surface area contributed by atoms with Crippen molar-refractivity contribution in [2.24, 2.45) is 0 Å². The maximum Gasteiger partial charge on any atom is 0.407 e. The highest BCUT2D eigenvalue weighted by atomic mass is 32.2. The Kier molecular flexibility index (Phi) is 6.41. The van der Waals surface area contributed by atoms with Crippen molar-refractivity contribution in [1.82, 2.24) is 10.6 Å². The van der Waals surface area contributed by atoms with Crippen LogP contribution in [-0.4, -0.2) is 54.0 Å². The Morgan fingerprint density at radius 3 is 2.73 bits per heavy atom. The molecule has 22 heavy (non-hydrogen) atoms. The summed E-state index contributed by atoms with van der Waals surface area (Å²) in [5.41, 5.74) is -0.462. The van der Waals surface area contributed by atoms with Gasteiger partial charge in [0, 0.05) is 18.4 Å². The first-order chi connectivity index (χ1) is 10.4. The van der Waals surface area contributed by atoms with Crippen LogP contribution in [0.1, 0.15) is 47.0 Å². The Labute approximate surface area is 138 Å². The zero-order chi connectivity index (χ0) is 16.2. The van der Waals surface area contributed by atoms with E-state index in [9.17, 15) is 4.79 Å². The lowest BCUT2D eigenvalue weighted by atomic mass is 9.82.